The van der Waals surface area contributed by atoms with Gasteiger partial charge in [-0.25, -0.2) is 16.3 Å². The maximum atomic E-state index is 12.5. The number of carbonyl (C=O) groups is 1. The predicted octanol–water partition coefficient (Wildman–Crippen LogP) is 4.38. The van der Waals surface area contributed by atoms with Crippen molar-refractivity contribution in [2.45, 2.75) is 32.0 Å². The Hall–Kier alpha value is -3.39. The van der Waals surface area contributed by atoms with Gasteiger partial charge in [0.25, 0.3) is 5.91 Å². The first-order valence-corrected chi connectivity index (χ1v) is 11.5. The molecule has 1 fully saturated rings. The third kappa shape index (κ3) is 6.35. The number of hydrogen-bond donors (Lipinski definition) is 3. The number of nitrogens with zero attached hydrogens (tertiary/aromatic N) is 1. The molecule has 3 aromatic rings. The van der Waals surface area contributed by atoms with Crippen LogP contribution < -0.4 is 25.8 Å². The Morgan fingerprint density at radius 2 is 1.74 bits per heavy atom. The Balaban J connectivity index is 1.24. The predicted molar refractivity (Wildman–Crippen MR) is 133 cm³/mol. The van der Waals surface area contributed by atoms with Gasteiger partial charge in [0.05, 0.1) is 12.8 Å². The molecule has 2 atom stereocenters. The van der Waals surface area contributed by atoms with Crippen LogP contribution in [0.4, 0.5) is 0 Å². The minimum Gasteiger partial charge on any atom is -0.494 e. The summed E-state index contributed by atoms with van der Waals surface area (Å²) in [5.74, 6) is 1.36. The molecular formula is C26H27ClN4O3. The van der Waals surface area contributed by atoms with Crippen molar-refractivity contribution >= 4 is 23.7 Å². The molecule has 0 saturated carbocycles. The molecule has 7 nitrogen and oxygen atoms in total. The molecule has 2 unspecified atom stereocenters. The molecule has 176 valence electrons. The van der Waals surface area contributed by atoms with E-state index in [2.05, 4.69) is 21.4 Å². The Morgan fingerprint density at radius 1 is 1.03 bits per heavy atom. The van der Waals surface area contributed by atoms with Crippen LogP contribution in [0.2, 0.25) is 5.02 Å². The summed E-state index contributed by atoms with van der Waals surface area (Å²) in [6.45, 7) is 2.96. The zero-order chi connectivity index (χ0) is 23.8. The molecule has 0 spiro atoms. The molecular weight excluding hydrogens is 452 g/mol. The van der Waals surface area contributed by atoms with Gasteiger partial charge in [-0.2, -0.15) is 5.10 Å². The minimum absolute atomic E-state index is 0.00320. The number of ether oxygens (including phenoxy) is 2. The SMILES string of the molecule is CCOc1ccc(/C=N/NC(=O)C2CC(c3ccc(OCc4ccccc4Cl)cc3)NN2)cc1. The summed E-state index contributed by atoms with van der Waals surface area (Å²) >= 11 is 6.18. The first kappa shape index (κ1) is 23.8. The summed E-state index contributed by atoms with van der Waals surface area (Å²) in [5, 5.41) is 4.75. The second kappa shape index (κ2) is 11.7. The lowest BCUT2D eigenvalue weighted by Crippen LogP contribution is -2.41. The number of hydrazone groups is 1. The van der Waals surface area contributed by atoms with E-state index in [1.165, 1.54) is 0 Å². The number of benzene rings is 3. The zero-order valence-electron chi connectivity index (χ0n) is 18.8. The fraction of sp³-hybridized carbons (Fsp3) is 0.231. The van der Waals surface area contributed by atoms with Crippen molar-refractivity contribution < 1.29 is 14.3 Å². The molecule has 0 radical (unpaired) electrons. The lowest BCUT2D eigenvalue weighted by Gasteiger charge is -2.12. The van der Waals surface area contributed by atoms with Crippen molar-refractivity contribution in [2.75, 3.05) is 6.61 Å². The van der Waals surface area contributed by atoms with Crippen LogP contribution in [0.5, 0.6) is 11.5 Å². The van der Waals surface area contributed by atoms with Crippen LogP contribution >= 0.6 is 11.6 Å². The number of hydrogen-bond acceptors (Lipinski definition) is 6. The average molecular weight is 479 g/mol. The summed E-state index contributed by atoms with van der Waals surface area (Å²) in [6.07, 6.45) is 2.21. The molecule has 4 rings (SSSR count). The van der Waals surface area contributed by atoms with Crippen LogP contribution in [0.3, 0.4) is 0 Å². The molecule has 0 aliphatic carbocycles. The van der Waals surface area contributed by atoms with Crippen LogP contribution in [0, 0.1) is 0 Å². The second-order valence-corrected chi connectivity index (χ2v) is 8.22. The summed E-state index contributed by atoms with van der Waals surface area (Å²) in [4.78, 5) is 12.5. The topological polar surface area (TPSA) is 84.0 Å². The number of nitrogens with one attached hydrogen (secondary N) is 3. The first-order chi connectivity index (χ1) is 16.6. The van der Waals surface area contributed by atoms with E-state index in [4.69, 9.17) is 21.1 Å². The van der Waals surface area contributed by atoms with Crippen molar-refractivity contribution in [2.24, 2.45) is 5.10 Å². The van der Waals surface area contributed by atoms with Gasteiger partial charge in [-0.15, -0.1) is 0 Å². The second-order valence-electron chi connectivity index (χ2n) is 7.81. The Kier molecular flexibility index (Phi) is 8.14. The quantitative estimate of drug-likeness (QED) is 0.314. The third-order valence-electron chi connectivity index (χ3n) is 5.43. The van der Waals surface area contributed by atoms with Crippen molar-refractivity contribution in [3.8, 4) is 11.5 Å². The third-order valence-corrected chi connectivity index (χ3v) is 5.80. The van der Waals surface area contributed by atoms with Crippen LogP contribution in [-0.4, -0.2) is 24.8 Å². The molecule has 1 heterocycles. The average Bonchev–Trinajstić information content (AvgIpc) is 3.36. The Bertz CT molecular complexity index is 1120. The fourth-order valence-corrected chi connectivity index (χ4v) is 3.78. The van der Waals surface area contributed by atoms with E-state index in [0.717, 1.165) is 28.2 Å². The van der Waals surface area contributed by atoms with Crippen LogP contribution in [0.1, 0.15) is 36.1 Å². The van der Waals surface area contributed by atoms with E-state index < -0.39 is 6.04 Å². The molecule has 1 saturated heterocycles. The largest absolute Gasteiger partial charge is 0.494 e. The van der Waals surface area contributed by atoms with Gasteiger partial charge >= 0.3 is 0 Å². The maximum Gasteiger partial charge on any atom is 0.258 e. The van der Waals surface area contributed by atoms with Gasteiger partial charge in [-0.3, -0.25) is 4.79 Å². The molecule has 3 aromatic carbocycles. The summed E-state index contributed by atoms with van der Waals surface area (Å²) in [6, 6.07) is 22.6. The van der Waals surface area contributed by atoms with Gasteiger partial charge in [-0.1, -0.05) is 41.9 Å². The smallest absolute Gasteiger partial charge is 0.258 e. The first-order valence-electron chi connectivity index (χ1n) is 11.2. The molecule has 1 amide bonds. The number of rotatable bonds is 9. The minimum atomic E-state index is -0.390. The number of carbonyl (C=O) groups excluding carboxylic acids is 1. The van der Waals surface area contributed by atoms with Crippen LogP contribution in [0.15, 0.2) is 77.9 Å². The number of halogens is 1. The molecule has 0 bridgehead atoms. The Labute approximate surface area is 204 Å². The van der Waals surface area contributed by atoms with Gasteiger partial charge in [-0.05, 0) is 66.9 Å². The number of amides is 1. The zero-order valence-corrected chi connectivity index (χ0v) is 19.6. The standard InChI is InChI=1S/C26H27ClN4O3/c1-2-33-21-11-7-18(8-12-21)16-28-31-26(32)25-15-24(29-30-25)19-9-13-22(14-10-19)34-17-20-5-3-4-6-23(20)27/h3-14,16,24-25,29-30H,2,15,17H2,1H3,(H,31,32)/b28-16+. The highest BCUT2D eigenvalue weighted by Crippen LogP contribution is 2.25. The van der Waals surface area contributed by atoms with E-state index in [1.54, 1.807) is 6.21 Å². The monoisotopic (exact) mass is 478 g/mol. The summed E-state index contributed by atoms with van der Waals surface area (Å²) < 4.78 is 11.3. The maximum absolute atomic E-state index is 12.5. The van der Waals surface area contributed by atoms with Gasteiger partial charge in [0.1, 0.15) is 24.1 Å². The van der Waals surface area contributed by atoms with Gasteiger partial charge in [0.2, 0.25) is 0 Å². The van der Waals surface area contributed by atoms with E-state index >= 15 is 0 Å². The van der Waals surface area contributed by atoms with Crippen molar-refractivity contribution in [1.82, 2.24) is 16.3 Å². The lowest BCUT2D eigenvalue weighted by atomic mass is 10.0. The number of hydrazine groups is 1. The van der Waals surface area contributed by atoms with E-state index in [1.807, 2.05) is 79.7 Å². The molecule has 3 N–H and O–H groups in total. The van der Waals surface area contributed by atoms with Gasteiger partial charge in [0, 0.05) is 16.6 Å². The molecule has 8 heteroatoms. The normalized spacial score (nSPS) is 17.6. The van der Waals surface area contributed by atoms with Crippen LogP contribution in [-0.2, 0) is 11.4 Å². The molecule has 1 aliphatic heterocycles. The highest BCUT2D eigenvalue weighted by atomic mass is 35.5. The van der Waals surface area contributed by atoms with Crippen molar-refractivity contribution in [1.29, 1.82) is 0 Å². The van der Waals surface area contributed by atoms with Crippen molar-refractivity contribution in [3.05, 3.63) is 94.5 Å². The van der Waals surface area contributed by atoms with Gasteiger partial charge in [0.15, 0.2) is 0 Å². The highest BCUT2D eigenvalue weighted by Gasteiger charge is 2.30. The fourth-order valence-electron chi connectivity index (χ4n) is 3.58. The summed E-state index contributed by atoms with van der Waals surface area (Å²) in [7, 11) is 0. The van der Waals surface area contributed by atoms with E-state index in [-0.39, 0.29) is 11.9 Å². The summed E-state index contributed by atoms with van der Waals surface area (Å²) in [5.41, 5.74) is 11.7. The lowest BCUT2D eigenvalue weighted by molar-refractivity contribution is -0.122. The molecule has 1 aliphatic rings. The Morgan fingerprint density at radius 3 is 2.47 bits per heavy atom. The van der Waals surface area contributed by atoms with Gasteiger partial charge < -0.3 is 9.47 Å². The molecule has 34 heavy (non-hydrogen) atoms. The van der Waals surface area contributed by atoms with Crippen molar-refractivity contribution in [3.63, 3.8) is 0 Å². The molecule has 0 aromatic heterocycles. The van der Waals surface area contributed by atoms with Crippen LogP contribution in [0.25, 0.3) is 0 Å². The van der Waals surface area contributed by atoms with E-state index in [0.29, 0.717) is 24.7 Å². The van der Waals surface area contributed by atoms with E-state index in [9.17, 15) is 4.79 Å². The highest BCUT2D eigenvalue weighted by molar-refractivity contribution is 6.31.